The van der Waals surface area contributed by atoms with Gasteiger partial charge in [-0.3, -0.25) is 20.4 Å². The van der Waals surface area contributed by atoms with Gasteiger partial charge in [0.1, 0.15) is 17.1 Å². The van der Waals surface area contributed by atoms with Crippen molar-refractivity contribution in [1.82, 2.24) is 14.5 Å². The van der Waals surface area contributed by atoms with Crippen LogP contribution in [0.5, 0.6) is 0 Å². The van der Waals surface area contributed by atoms with Crippen LogP contribution in [0.25, 0.3) is 22.4 Å². The number of benzene rings is 1. The van der Waals surface area contributed by atoms with E-state index in [1.54, 1.807) is 26.0 Å². The highest BCUT2D eigenvalue weighted by Crippen LogP contribution is 2.31. The van der Waals surface area contributed by atoms with E-state index in [1.165, 1.54) is 6.07 Å². The minimum Gasteiger partial charge on any atom is -0.369 e. The van der Waals surface area contributed by atoms with E-state index >= 15 is 0 Å². The Morgan fingerprint density at radius 3 is 2.31 bits per heavy atom. The summed E-state index contributed by atoms with van der Waals surface area (Å²) in [6.45, 7) is 3.60. The Balaban J connectivity index is 2.44. The molecule has 26 heavy (non-hydrogen) atoms. The van der Waals surface area contributed by atoms with Gasteiger partial charge >= 0.3 is 0 Å². The molecule has 0 bridgehead atoms. The standard InChI is InChI=1S/C18H16F2N6/c1-9-5-11(6-10(2)24-9)15-16(13-4-3-12(19)7-14(13)20)25-18(23)26(8-21)17(15)22/h3-8,21-22H,1-2H3,(H2,23,25). The Morgan fingerprint density at radius 1 is 1.08 bits per heavy atom. The van der Waals surface area contributed by atoms with Crippen molar-refractivity contribution in [3.05, 3.63) is 58.8 Å². The van der Waals surface area contributed by atoms with Gasteiger partial charge in [-0.1, -0.05) is 0 Å². The average Bonchev–Trinajstić information content (AvgIpc) is 2.53. The third-order valence-electron chi connectivity index (χ3n) is 3.87. The molecule has 8 heteroatoms. The zero-order valence-electron chi connectivity index (χ0n) is 14.1. The van der Waals surface area contributed by atoms with E-state index < -0.39 is 11.6 Å². The van der Waals surface area contributed by atoms with Crippen LogP contribution in [-0.4, -0.2) is 20.9 Å². The van der Waals surface area contributed by atoms with Gasteiger partial charge in [0.15, 0.2) is 0 Å². The van der Waals surface area contributed by atoms with Gasteiger partial charge in [0, 0.05) is 23.0 Å². The number of nitrogens with zero attached hydrogens (tertiary/aromatic N) is 3. The molecule has 4 N–H and O–H groups in total. The maximum absolute atomic E-state index is 14.4. The number of pyridine rings is 1. The first kappa shape index (κ1) is 17.4. The molecule has 0 radical (unpaired) electrons. The van der Waals surface area contributed by atoms with E-state index in [1.807, 2.05) is 0 Å². The van der Waals surface area contributed by atoms with E-state index in [0.717, 1.165) is 23.0 Å². The quantitative estimate of drug-likeness (QED) is 0.497. The van der Waals surface area contributed by atoms with Crippen LogP contribution in [0.1, 0.15) is 11.4 Å². The second-order valence-electron chi connectivity index (χ2n) is 5.80. The molecule has 0 unspecified atom stereocenters. The second-order valence-corrected chi connectivity index (χ2v) is 5.80. The number of anilines is 1. The molecule has 2 aromatic heterocycles. The van der Waals surface area contributed by atoms with Crippen molar-refractivity contribution < 1.29 is 8.78 Å². The molecule has 3 aromatic rings. The number of aromatic nitrogens is 3. The van der Waals surface area contributed by atoms with Gasteiger partial charge < -0.3 is 5.73 Å². The number of nitrogens with one attached hydrogen (secondary N) is 2. The SMILES string of the molecule is Cc1cc(-c2c(-c3ccc(F)cc3F)nc(N)n(C=N)c2=N)cc(C)n1. The molecule has 0 spiro atoms. The summed E-state index contributed by atoms with van der Waals surface area (Å²) >= 11 is 0. The molecule has 6 nitrogen and oxygen atoms in total. The summed E-state index contributed by atoms with van der Waals surface area (Å²) in [7, 11) is 0. The molecule has 0 amide bonds. The Kier molecular flexibility index (Phi) is 4.33. The summed E-state index contributed by atoms with van der Waals surface area (Å²) in [4.78, 5) is 8.49. The number of halogens is 2. The number of nitrogen functional groups attached to an aromatic ring is 1. The number of hydrogen-bond acceptors (Lipinski definition) is 5. The van der Waals surface area contributed by atoms with E-state index in [4.69, 9.17) is 16.6 Å². The van der Waals surface area contributed by atoms with Crippen molar-refractivity contribution in [3.8, 4) is 22.4 Å². The predicted molar refractivity (Wildman–Crippen MR) is 94.7 cm³/mol. The first-order valence-corrected chi connectivity index (χ1v) is 7.70. The van der Waals surface area contributed by atoms with Crippen molar-refractivity contribution in [2.45, 2.75) is 13.8 Å². The molecule has 0 atom stereocenters. The number of nitrogens with two attached hydrogens (primary N) is 1. The Bertz CT molecular complexity index is 1070. The third kappa shape index (κ3) is 2.97. The second kappa shape index (κ2) is 6.47. The van der Waals surface area contributed by atoms with Crippen LogP contribution in [-0.2, 0) is 0 Å². The minimum atomic E-state index is -0.812. The fourth-order valence-corrected chi connectivity index (χ4v) is 2.83. The summed E-state index contributed by atoms with van der Waals surface area (Å²) in [6.07, 6.45) is 0.861. The zero-order valence-corrected chi connectivity index (χ0v) is 14.1. The van der Waals surface area contributed by atoms with Crippen LogP contribution < -0.4 is 11.2 Å². The molecular formula is C18H16F2N6. The van der Waals surface area contributed by atoms with Gasteiger partial charge in [-0.2, -0.15) is 0 Å². The van der Waals surface area contributed by atoms with Crippen molar-refractivity contribution in [1.29, 1.82) is 10.8 Å². The summed E-state index contributed by atoms with van der Waals surface area (Å²) in [6, 6.07) is 6.59. The van der Waals surface area contributed by atoms with Crippen LogP contribution in [0.2, 0.25) is 0 Å². The maximum Gasteiger partial charge on any atom is 0.207 e. The fraction of sp³-hybridized carbons (Fsp3) is 0.111. The maximum atomic E-state index is 14.4. The first-order valence-electron chi connectivity index (χ1n) is 7.70. The van der Waals surface area contributed by atoms with Gasteiger partial charge in [0.25, 0.3) is 0 Å². The Morgan fingerprint density at radius 2 is 1.73 bits per heavy atom. The molecule has 0 aliphatic heterocycles. The highest BCUT2D eigenvalue weighted by molar-refractivity contribution is 5.82. The molecule has 3 rings (SSSR count). The van der Waals surface area contributed by atoms with Gasteiger partial charge in [-0.05, 0) is 43.7 Å². The van der Waals surface area contributed by atoms with Crippen LogP contribution in [0, 0.1) is 36.3 Å². The molecule has 2 heterocycles. The third-order valence-corrected chi connectivity index (χ3v) is 3.87. The number of hydrogen-bond donors (Lipinski definition) is 3. The summed E-state index contributed by atoms with van der Waals surface area (Å²) in [5.41, 5.74) is 8.11. The monoisotopic (exact) mass is 354 g/mol. The van der Waals surface area contributed by atoms with Crippen molar-refractivity contribution in [2.75, 3.05) is 5.73 Å². The lowest BCUT2D eigenvalue weighted by Crippen LogP contribution is -2.26. The zero-order chi connectivity index (χ0) is 19.0. The lowest BCUT2D eigenvalue weighted by atomic mass is 9.99. The van der Waals surface area contributed by atoms with Gasteiger partial charge in [-0.25, -0.2) is 13.8 Å². The summed E-state index contributed by atoms with van der Waals surface area (Å²) < 4.78 is 28.8. The Labute approximate surface area is 148 Å². The predicted octanol–water partition coefficient (Wildman–Crippen LogP) is 3.02. The fourth-order valence-electron chi connectivity index (χ4n) is 2.83. The molecule has 0 aliphatic carbocycles. The molecule has 0 saturated carbocycles. The van der Waals surface area contributed by atoms with E-state index in [2.05, 4.69) is 9.97 Å². The number of rotatable bonds is 3. The molecular weight excluding hydrogens is 338 g/mol. The van der Waals surface area contributed by atoms with Crippen LogP contribution in [0.15, 0.2) is 30.3 Å². The van der Waals surface area contributed by atoms with Gasteiger partial charge in [0.2, 0.25) is 5.95 Å². The van der Waals surface area contributed by atoms with E-state index in [0.29, 0.717) is 17.0 Å². The van der Waals surface area contributed by atoms with Crippen molar-refractivity contribution in [3.63, 3.8) is 0 Å². The van der Waals surface area contributed by atoms with Crippen molar-refractivity contribution in [2.24, 2.45) is 0 Å². The van der Waals surface area contributed by atoms with Crippen molar-refractivity contribution >= 4 is 12.3 Å². The highest BCUT2D eigenvalue weighted by atomic mass is 19.1. The molecule has 132 valence electrons. The lowest BCUT2D eigenvalue weighted by Gasteiger charge is -2.15. The normalized spacial score (nSPS) is 10.8. The first-order chi connectivity index (χ1) is 12.3. The van der Waals surface area contributed by atoms with E-state index in [-0.39, 0.29) is 28.3 Å². The molecule has 0 aliphatic rings. The molecule has 1 aromatic carbocycles. The van der Waals surface area contributed by atoms with Crippen LogP contribution in [0.4, 0.5) is 14.7 Å². The lowest BCUT2D eigenvalue weighted by molar-refractivity contribution is 0.585. The van der Waals surface area contributed by atoms with Crippen LogP contribution >= 0.6 is 0 Å². The molecule has 0 fully saturated rings. The largest absolute Gasteiger partial charge is 0.369 e. The Hall–Kier alpha value is -3.42. The topological polar surface area (TPSA) is 104 Å². The highest BCUT2D eigenvalue weighted by Gasteiger charge is 2.19. The molecule has 0 saturated heterocycles. The average molecular weight is 354 g/mol. The summed E-state index contributed by atoms with van der Waals surface area (Å²) in [5.74, 6) is -1.67. The summed E-state index contributed by atoms with van der Waals surface area (Å²) in [5, 5.41) is 15.9. The van der Waals surface area contributed by atoms with E-state index in [9.17, 15) is 8.78 Å². The minimum absolute atomic E-state index is 0.0193. The smallest absolute Gasteiger partial charge is 0.207 e. The number of aryl methyl sites for hydroxylation is 2. The van der Waals surface area contributed by atoms with Crippen LogP contribution in [0.3, 0.4) is 0 Å². The van der Waals surface area contributed by atoms with Gasteiger partial charge in [0.05, 0.1) is 17.6 Å². The van der Waals surface area contributed by atoms with Gasteiger partial charge in [-0.15, -0.1) is 0 Å².